The lowest BCUT2D eigenvalue weighted by atomic mass is 9.65. The van der Waals surface area contributed by atoms with Crippen molar-refractivity contribution < 1.29 is 0 Å². The van der Waals surface area contributed by atoms with Crippen LogP contribution in [0.2, 0.25) is 0 Å². The number of imidazole rings is 1. The van der Waals surface area contributed by atoms with Crippen LogP contribution in [0, 0.1) is 0 Å². The number of hydrogen-bond donors (Lipinski definition) is 1. The molecule has 0 amide bonds. The molecule has 0 atom stereocenters. The highest BCUT2D eigenvalue weighted by Gasteiger charge is 2.40. The molecule has 5 aromatic carbocycles. The van der Waals surface area contributed by atoms with E-state index in [0.29, 0.717) is 0 Å². The normalized spacial score (nSPS) is 11.8. The van der Waals surface area contributed by atoms with Crippen LogP contribution in [0.3, 0.4) is 0 Å². The third-order valence-electron chi connectivity index (χ3n) is 8.01. The number of rotatable bonds is 10. The van der Waals surface area contributed by atoms with E-state index in [-0.39, 0.29) is 0 Å². The highest BCUT2D eigenvalue weighted by atomic mass is 32.1. The van der Waals surface area contributed by atoms with Crippen molar-refractivity contribution in [1.82, 2.24) is 9.55 Å². The maximum absolute atomic E-state index is 4.95. The van der Waals surface area contributed by atoms with Gasteiger partial charge in [0, 0.05) is 24.3 Å². The summed E-state index contributed by atoms with van der Waals surface area (Å²) in [6.07, 6.45) is 7.27. The highest BCUT2D eigenvalue weighted by molar-refractivity contribution is 7.79. The Labute approximate surface area is 256 Å². The average Bonchev–Trinajstić information content (AvgIpc) is 3.51. The van der Waals surface area contributed by atoms with Crippen molar-refractivity contribution in [2.75, 3.05) is 0 Å². The van der Waals surface area contributed by atoms with Crippen LogP contribution in [0.4, 0.5) is 0 Å². The number of benzene rings is 5. The molecule has 0 saturated carbocycles. The SMILES string of the molecule is SCc1ccc([Si](Cn2ccnc2BC(=Cc2ccccc2)c2ccccc2)(c2ccccc2)c2ccccc2)cc1. The van der Waals surface area contributed by atoms with Crippen molar-refractivity contribution >= 4 is 60.8 Å². The maximum atomic E-state index is 4.95. The molecule has 42 heavy (non-hydrogen) atoms. The zero-order valence-corrected chi connectivity index (χ0v) is 25.4. The quantitative estimate of drug-likeness (QED) is 0.102. The van der Waals surface area contributed by atoms with Crippen molar-refractivity contribution in [2.24, 2.45) is 0 Å². The van der Waals surface area contributed by atoms with Gasteiger partial charge in [0.15, 0.2) is 8.07 Å². The molecule has 2 nitrogen and oxygen atoms in total. The molecule has 0 fully saturated rings. The van der Waals surface area contributed by atoms with E-state index in [9.17, 15) is 0 Å². The van der Waals surface area contributed by atoms with Crippen LogP contribution in [0.5, 0.6) is 0 Å². The van der Waals surface area contributed by atoms with Gasteiger partial charge in [0.05, 0.1) is 5.72 Å². The van der Waals surface area contributed by atoms with Crippen molar-refractivity contribution in [2.45, 2.75) is 11.9 Å². The van der Waals surface area contributed by atoms with Gasteiger partial charge in [-0.15, -0.1) is 0 Å². The lowest BCUT2D eigenvalue weighted by Crippen LogP contribution is -2.70. The summed E-state index contributed by atoms with van der Waals surface area (Å²) in [6.45, 7) is 0. The Bertz CT molecular complexity index is 1700. The molecule has 0 aliphatic rings. The molecule has 0 aliphatic heterocycles. The first-order valence-corrected chi connectivity index (χ1v) is 17.2. The largest absolute Gasteiger partial charge is 0.345 e. The van der Waals surface area contributed by atoms with Gasteiger partial charge in [-0.05, 0) is 32.3 Å². The molecular formula is C37H33BN2SSi. The molecule has 204 valence electrons. The minimum absolute atomic E-state index is 0.729. The molecule has 0 spiro atoms. The Hall–Kier alpha value is -4.32. The summed E-state index contributed by atoms with van der Waals surface area (Å²) in [6, 6.07) is 52.5. The summed E-state index contributed by atoms with van der Waals surface area (Å²) in [4.78, 5) is 4.95. The van der Waals surface area contributed by atoms with E-state index in [2.05, 4.69) is 175 Å². The zero-order chi connectivity index (χ0) is 28.6. The van der Waals surface area contributed by atoms with Gasteiger partial charge in [0.1, 0.15) is 0 Å². The van der Waals surface area contributed by atoms with E-state index in [0.717, 1.165) is 24.9 Å². The number of thiol groups is 1. The smallest absolute Gasteiger partial charge is 0.239 e. The second-order valence-corrected chi connectivity index (χ2v) is 14.8. The number of hydrogen-bond acceptors (Lipinski definition) is 2. The zero-order valence-electron chi connectivity index (χ0n) is 23.6. The van der Waals surface area contributed by atoms with E-state index < -0.39 is 8.07 Å². The van der Waals surface area contributed by atoms with E-state index in [1.807, 2.05) is 6.20 Å². The van der Waals surface area contributed by atoms with E-state index >= 15 is 0 Å². The molecule has 0 radical (unpaired) electrons. The van der Waals surface area contributed by atoms with Crippen LogP contribution in [-0.4, -0.2) is 24.9 Å². The second-order valence-electron chi connectivity index (χ2n) is 10.6. The summed E-state index contributed by atoms with van der Waals surface area (Å²) in [5, 5.41) is 4.16. The average molecular weight is 577 g/mol. The first-order valence-electron chi connectivity index (χ1n) is 14.4. The van der Waals surface area contributed by atoms with Gasteiger partial charge in [0.2, 0.25) is 7.28 Å². The third kappa shape index (κ3) is 5.99. The minimum atomic E-state index is -2.52. The standard InChI is InChI=1S/C37H33BN2SSi/c41-28-31-21-23-35(24-22-31)42(33-17-9-3-10-18-33,34-19-11-4-12-20-34)29-40-26-25-39-37(40)38-36(32-15-7-2-8-16-32)27-30-13-5-1-6-14-30/h1-27,38,41H,28-29H2. The lowest BCUT2D eigenvalue weighted by molar-refractivity contribution is 0.893. The fraction of sp³-hybridized carbons (Fsp3) is 0.0541. The van der Waals surface area contributed by atoms with Crippen molar-refractivity contribution in [3.63, 3.8) is 0 Å². The van der Waals surface area contributed by atoms with Crippen molar-refractivity contribution in [1.29, 1.82) is 0 Å². The first-order chi connectivity index (χ1) is 20.8. The monoisotopic (exact) mass is 576 g/mol. The fourth-order valence-electron chi connectivity index (χ4n) is 5.83. The molecule has 6 aromatic rings. The van der Waals surface area contributed by atoms with Crippen LogP contribution in [0.25, 0.3) is 11.5 Å². The molecule has 0 aliphatic carbocycles. The third-order valence-corrected chi connectivity index (χ3v) is 13.1. The summed E-state index contributed by atoms with van der Waals surface area (Å²) >= 11 is 4.53. The summed E-state index contributed by atoms with van der Waals surface area (Å²) < 4.78 is 2.40. The first kappa shape index (κ1) is 27.8. The minimum Gasteiger partial charge on any atom is -0.345 e. The highest BCUT2D eigenvalue weighted by Crippen LogP contribution is 2.18. The molecule has 6 rings (SSSR count). The number of aromatic nitrogens is 2. The molecule has 0 N–H and O–H groups in total. The molecular weight excluding hydrogens is 543 g/mol. The van der Waals surface area contributed by atoms with Gasteiger partial charge in [-0.2, -0.15) is 12.6 Å². The summed E-state index contributed by atoms with van der Waals surface area (Å²) in [5.41, 5.74) is 5.95. The van der Waals surface area contributed by atoms with E-state index in [1.54, 1.807) is 0 Å². The van der Waals surface area contributed by atoms with Crippen molar-refractivity contribution in [3.05, 3.63) is 175 Å². The summed E-state index contributed by atoms with van der Waals surface area (Å²) in [5.74, 6) is 0.729. The fourth-order valence-corrected chi connectivity index (χ4v) is 10.6. The predicted octanol–water partition coefficient (Wildman–Crippen LogP) is 5.28. The Kier molecular flexibility index (Phi) is 8.69. The van der Waals surface area contributed by atoms with Crippen LogP contribution < -0.4 is 21.3 Å². The van der Waals surface area contributed by atoms with Crippen LogP contribution in [0.15, 0.2) is 158 Å². The molecule has 1 aromatic heterocycles. The van der Waals surface area contributed by atoms with E-state index in [4.69, 9.17) is 4.98 Å². The van der Waals surface area contributed by atoms with Crippen LogP contribution >= 0.6 is 12.6 Å². The number of nitrogens with zero attached hydrogens (tertiary/aromatic N) is 2. The van der Waals surface area contributed by atoms with Crippen molar-refractivity contribution in [3.8, 4) is 0 Å². The van der Waals surface area contributed by atoms with E-state index in [1.165, 1.54) is 37.7 Å². The lowest BCUT2D eigenvalue weighted by Gasteiger charge is -2.34. The Morgan fingerprint density at radius 1 is 0.667 bits per heavy atom. The van der Waals surface area contributed by atoms with Crippen LogP contribution in [0.1, 0.15) is 16.7 Å². The molecule has 0 saturated heterocycles. The molecule has 0 bridgehead atoms. The van der Waals surface area contributed by atoms with Gasteiger partial charge >= 0.3 is 0 Å². The van der Waals surface area contributed by atoms with Gasteiger partial charge in [0.25, 0.3) is 0 Å². The van der Waals surface area contributed by atoms with Gasteiger partial charge in [-0.3, -0.25) is 4.98 Å². The molecule has 0 unspecified atom stereocenters. The molecule has 5 heteroatoms. The Balaban J connectivity index is 1.48. The van der Waals surface area contributed by atoms with Crippen LogP contribution in [-0.2, 0) is 11.9 Å². The van der Waals surface area contributed by atoms with Gasteiger partial charge in [-0.1, -0.05) is 157 Å². The van der Waals surface area contributed by atoms with Gasteiger partial charge in [-0.25, -0.2) is 0 Å². The predicted molar refractivity (Wildman–Crippen MR) is 186 cm³/mol. The Morgan fingerprint density at radius 3 is 1.76 bits per heavy atom. The second kappa shape index (κ2) is 13.1. The van der Waals surface area contributed by atoms with Gasteiger partial charge < -0.3 is 4.57 Å². The summed E-state index contributed by atoms with van der Waals surface area (Å²) in [7, 11) is -1.79. The molecule has 1 heterocycles. The Morgan fingerprint density at radius 2 is 1.19 bits per heavy atom. The maximum Gasteiger partial charge on any atom is 0.239 e. The topological polar surface area (TPSA) is 17.8 Å².